The van der Waals surface area contributed by atoms with E-state index in [0.29, 0.717) is 0 Å². The molecule has 15 heavy (non-hydrogen) atoms. The molecule has 1 saturated heterocycles. The molecule has 90 valence electrons. The highest BCUT2D eigenvalue weighted by molar-refractivity contribution is 4.88. The molecule has 1 rings (SSSR count). The Morgan fingerprint density at radius 3 is 2.80 bits per heavy atom. The highest BCUT2D eigenvalue weighted by Gasteiger charge is 2.32. The summed E-state index contributed by atoms with van der Waals surface area (Å²) in [4.78, 5) is 4.50. The van der Waals surface area contributed by atoms with Crippen molar-refractivity contribution in [3.63, 3.8) is 0 Å². The average molecular weight is 214 g/mol. The number of likely N-dealkylation sites (N-methyl/N-ethyl adjacent to an activating group) is 2. The maximum atomic E-state index is 10.4. The summed E-state index contributed by atoms with van der Waals surface area (Å²) in [6, 6.07) is 0. The van der Waals surface area contributed by atoms with E-state index in [-0.39, 0.29) is 0 Å². The van der Waals surface area contributed by atoms with E-state index in [2.05, 4.69) is 30.8 Å². The number of nitrogens with zero attached hydrogens (tertiary/aromatic N) is 2. The lowest BCUT2D eigenvalue weighted by Gasteiger charge is -2.39. The van der Waals surface area contributed by atoms with Crippen molar-refractivity contribution in [2.45, 2.75) is 38.2 Å². The number of rotatable bonds is 5. The summed E-state index contributed by atoms with van der Waals surface area (Å²) in [6.07, 6.45) is 4.52. The fraction of sp³-hybridized carbons (Fsp3) is 1.00. The number of hydrogen-bond acceptors (Lipinski definition) is 3. The van der Waals surface area contributed by atoms with E-state index < -0.39 is 5.60 Å². The maximum Gasteiger partial charge on any atom is 0.0900 e. The summed E-state index contributed by atoms with van der Waals surface area (Å²) in [5.74, 6) is 0. The molecule has 1 unspecified atom stereocenters. The van der Waals surface area contributed by atoms with Gasteiger partial charge < -0.3 is 14.9 Å². The van der Waals surface area contributed by atoms with Crippen LogP contribution in [0.5, 0.6) is 0 Å². The Labute approximate surface area is 94.1 Å². The van der Waals surface area contributed by atoms with Gasteiger partial charge in [0.25, 0.3) is 0 Å². The van der Waals surface area contributed by atoms with E-state index >= 15 is 0 Å². The minimum absolute atomic E-state index is 0.477. The van der Waals surface area contributed by atoms with Gasteiger partial charge in [0.15, 0.2) is 0 Å². The normalized spacial score (nSPS) is 28.6. The van der Waals surface area contributed by atoms with Crippen LogP contribution in [-0.2, 0) is 0 Å². The number of likely N-dealkylation sites (tertiary alicyclic amines) is 1. The van der Waals surface area contributed by atoms with Crippen molar-refractivity contribution in [3.8, 4) is 0 Å². The van der Waals surface area contributed by atoms with Crippen LogP contribution < -0.4 is 0 Å². The zero-order valence-electron chi connectivity index (χ0n) is 10.5. The van der Waals surface area contributed by atoms with Crippen molar-refractivity contribution >= 4 is 0 Å². The summed E-state index contributed by atoms with van der Waals surface area (Å²) >= 11 is 0. The molecule has 0 bridgehead atoms. The van der Waals surface area contributed by atoms with Crippen LogP contribution in [0.1, 0.15) is 32.6 Å². The number of aliphatic hydroxyl groups is 1. The number of β-amino-alcohol motifs (C(OH)–C–C–N with tert-alkyl or cyclic N) is 1. The Balaban J connectivity index is 2.34. The molecule has 0 saturated carbocycles. The maximum absolute atomic E-state index is 10.4. The summed E-state index contributed by atoms with van der Waals surface area (Å²) in [5.41, 5.74) is -0.477. The van der Waals surface area contributed by atoms with E-state index in [1.165, 1.54) is 12.8 Å². The molecule has 3 heteroatoms. The molecule has 0 spiro atoms. The van der Waals surface area contributed by atoms with Gasteiger partial charge in [-0.3, -0.25) is 0 Å². The second-order valence-corrected chi connectivity index (χ2v) is 5.16. The molecule has 1 fully saturated rings. The van der Waals surface area contributed by atoms with Crippen molar-refractivity contribution in [1.29, 1.82) is 0 Å². The quantitative estimate of drug-likeness (QED) is 0.744. The van der Waals surface area contributed by atoms with E-state index in [0.717, 1.165) is 39.0 Å². The standard InChI is InChI=1S/C12H26N2O/c1-4-5-8-13(2)10-12(15)7-6-9-14(3)11-12/h15H,4-11H2,1-3H3. The van der Waals surface area contributed by atoms with E-state index in [9.17, 15) is 5.11 Å². The first-order valence-electron chi connectivity index (χ1n) is 6.15. The van der Waals surface area contributed by atoms with Crippen molar-refractivity contribution in [2.75, 3.05) is 40.3 Å². The first-order valence-corrected chi connectivity index (χ1v) is 6.15. The Morgan fingerprint density at radius 1 is 1.47 bits per heavy atom. The summed E-state index contributed by atoms with van der Waals surface area (Å²) in [6.45, 7) is 6.07. The van der Waals surface area contributed by atoms with Crippen LogP contribution in [0.3, 0.4) is 0 Å². The third kappa shape index (κ3) is 4.49. The Kier molecular flexibility index (Phi) is 5.03. The molecule has 1 aliphatic heterocycles. The minimum atomic E-state index is -0.477. The van der Waals surface area contributed by atoms with Gasteiger partial charge in [-0.25, -0.2) is 0 Å². The number of unbranched alkanes of at least 4 members (excludes halogenated alkanes) is 1. The summed E-state index contributed by atoms with van der Waals surface area (Å²) in [7, 11) is 4.21. The molecule has 0 radical (unpaired) electrons. The highest BCUT2D eigenvalue weighted by Crippen LogP contribution is 2.20. The van der Waals surface area contributed by atoms with Crippen LogP contribution in [0.4, 0.5) is 0 Å². The number of hydrogen-bond donors (Lipinski definition) is 1. The SMILES string of the molecule is CCCCN(C)CC1(O)CCCN(C)C1. The summed E-state index contributed by atoms with van der Waals surface area (Å²) in [5, 5.41) is 10.4. The smallest absolute Gasteiger partial charge is 0.0900 e. The van der Waals surface area contributed by atoms with Gasteiger partial charge in [-0.05, 0) is 46.4 Å². The molecule has 0 amide bonds. The van der Waals surface area contributed by atoms with Crippen molar-refractivity contribution in [1.82, 2.24) is 9.80 Å². The Bertz CT molecular complexity index is 186. The van der Waals surface area contributed by atoms with Gasteiger partial charge in [0, 0.05) is 13.1 Å². The number of piperidine rings is 1. The molecule has 1 heterocycles. The molecule has 3 nitrogen and oxygen atoms in total. The van der Waals surface area contributed by atoms with E-state index in [1.54, 1.807) is 0 Å². The molecule has 0 aromatic heterocycles. The molecule has 0 aliphatic carbocycles. The van der Waals surface area contributed by atoms with Gasteiger partial charge in [-0.15, -0.1) is 0 Å². The largest absolute Gasteiger partial charge is 0.387 e. The predicted octanol–water partition coefficient (Wildman–Crippen LogP) is 1.18. The second kappa shape index (κ2) is 5.83. The first-order chi connectivity index (χ1) is 7.06. The van der Waals surface area contributed by atoms with Crippen LogP contribution in [0, 0.1) is 0 Å². The monoisotopic (exact) mass is 214 g/mol. The molecule has 0 aromatic rings. The fourth-order valence-electron chi connectivity index (χ4n) is 2.48. The molecule has 1 aliphatic rings. The van der Waals surface area contributed by atoms with Crippen LogP contribution in [0.25, 0.3) is 0 Å². The van der Waals surface area contributed by atoms with Gasteiger partial charge in [0.2, 0.25) is 0 Å². The van der Waals surface area contributed by atoms with E-state index in [1.807, 2.05) is 0 Å². The topological polar surface area (TPSA) is 26.7 Å². The van der Waals surface area contributed by atoms with Gasteiger partial charge in [0.1, 0.15) is 0 Å². The van der Waals surface area contributed by atoms with Gasteiger partial charge in [-0.1, -0.05) is 13.3 Å². The first kappa shape index (κ1) is 12.9. The average Bonchev–Trinajstić information content (AvgIpc) is 2.13. The Morgan fingerprint density at radius 2 is 2.20 bits per heavy atom. The van der Waals surface area contributed by atoms with Crippen molar-refractivity contribution in [3.05, 3.63) is 0 Å². The molecule has 0 aromatic carbocycles. The third-order valence-corrected chi connectivity index (χ3v) is 3.20. The molecular formula is C12H26N2O. The van der Waals surface area contributed by atoms with Crippen molar-refractivity contribution in [2.24, 2.45) is 0 Å². The second-order valence-electron chi connectivity index (χ2n) is 5.16. The molecular weight excluding hydrogens is 188 g/mol. The third-order valence-electron chi connectivity index (χ3n) is 3.20. The van der Waals surface area contributed by atoms with E-state index in [4.69, 9.17) is 0 Å². The lowest BCUT2D eigenvalue weighted by molar-refractivity contribution is -0.0429. The van der Waals surface area contributed by atoms with Gasteiger partial charge in [0.05, 0.1) is 5.60 Å². The Hall–Kier alpha value is -0.120. The highest BCUT2D eigenvalue weighted by atomic mass is 16.3. The molecule has 1 N–H and O–H groups in total. The van der Waals surface area contributed by atoms with Crippen LogP contribution in [-0.4, -0.2) is 60.8 Å². The van der Waals surface area contributed by atoms with Crippen LogP contribution in [0.2, 0.25) is 0 Å². The lowest BCUT2D eigenvalue weighted by atomic mass is 9.92. The van der Waals surface area contributed by atoms with Gasteiger partial charge >= 0.3 is 0 Å². The van der Waals surface area contributed by atoms with Crippen molar-refractivity contribution < 1.29 is 5.11 Å². The lowest BCUT2D eigenvalue weighted by Crippen LogP contribution is -2.52. The fourth-order valence-corrected chi connectivity index (χ4v) is 2.48. The zero-order chi connectivity index (χ0) is 11.3. The zero-order valence-corrected chi connectivity index (χ0v) is 10.5. The van der Waals surface area contributed by atoms with Crippen LogP contribution >= 0.6 is 0 Å². The molecule has 1 atom stereocenters. The predicted molar refractivity (Wildman–Crippen MR) is 64.1 cm³/mol. The minimum Gasteiger partial charge on any atom is -0.387 e. The van der Waals surface area contributed by atoms with Gasteiger partial charge in [-0.2, -0.15) is 0 Å². The van der Waals surface area contributed by atoms with Crippen LogP contribution in [0.15, 0.2) is 0 Å². The summed E-state index contributed by atoms with van der Waals surface area (Å²) < 4.78 is 0.